The zero-order valence-electron chi connectivity index (χ0n) is 15.5. The van der Waals surface area contributed by atoms with Gasteiger partial charge in [0.05, 0.1) is 10.7 Å². The number of hydrogen-bond acceptors (Lipinski definition) is 5. The van der Waals surface area contributed by atoms with Gasteiger partial charge in [-0.25, -0.2) is 4.79 Å². The van der Waals surface area contributed by atoms with Gasteiger partial charge < -0.3 is 15.4 Å². The molecule has 4 amide bonds. The highest BCUT2D eigenvalue weighted by atomic mass is 35.5. The average Bonchev–Trinajstić information content (AvgIpc) is 2.89. The van der Waals surface area contributed by atoms with E-state index in [1.165, 1.54) is 0 Å². The van der Waals surface area contributed by atoms with Crippen molar-refractivity contribution < 1.29 is 23.9 Å². The highest BCUT2D eigenvalue weighted by molar-refractivity contribution is 6.33. The number of benzene rings is 1. The number of nitrogens with one attached hydrogen (secondary N) is 2. The maximum Gasteiger partial charge on any atom is 0.326 e. The fourth-order valence-corrected chi connectivity index (χ4v) is 3.89. The fourth-order valence-electron chi connectivity index (χ4n) is 3.71. The lowest BCUT2D eigenvalue weighted by Crippen LogP contribution is -2.54. The summed E-state index contributed by atoms with van der Waals surface area (Å²) in [5.74, 6) is -1.81. The van der Waals surface area contributed by atoms with Crippen molar-refractivity contribution in [2.24, 2.45) is 5.92 Å². The van der Waals surface area contributed by atoms with Crippen molar-refractivity contribution in [2.75, 3.05) is 18.5 Å². The SMILES string of the molecule is C[C@@H]1CCCC[C@]12NC(=O)N(CC(=O)OCC(=O)Nc1ccccc1Cl)C2=O. The van der Waals surface area contributed by atoms with Gasteiger partial charge in [-0.1, -0.05) is 43.5 Å². The Balaban J connectivity index is 1.53. The first-order chi connectivity index (χ1) is 13.3. The molecule has 0 aromatic heterocycles. The number of imide groups is 1. The maximum absolute atomic E-state index is 12.8. The molecule has 2 N–H and O–H groups in total. The third-order valence-electron chi connectivity index (χ3n) is 5.30. The molecule has 8 nitrogen and oxygen atoms in total. The Morgan fingerprint density at radius 1 is 1.32 bits per heavy atom. The molecule has 2 atom stereocenters. The first kappa shape index (κ1) is 20.1. The predicted octanol–water partition coefficient (Wildman–Crippen LogP) is 2.32. The molecule has 9 heteroatoms. The van der Waals surface area contributed by atoms with E-state index < -0.39 is 42.5 Å². The molecule has 2 fully saturated rings. The fraction of sp³-hybridized carbons (Fsp3) is 0.474. The highest BCUT2D eigenvalue weighted by Crippen LogP contribution is 2.38. The molecule has 28 heavy (non-hydrogen) atoms. The lowest BCUT2D eigenvalue weighted by molar-refractivity contribution is -0.150. The third kappa shape index (κ3) is 3.96. The van der Waals surface area contributed by atoms with Crippen molar-refractivity contribution in [1.82, 2.24) is 10.2 Å². The summed E-state index contributed by atoms with van der Waals surface area (Å²) in [5, 5.41) is 5.64. The van der Waals surface area contributed by atoms with Gasteiger partial charge in [-0.15, -0.1) is 0 Å². The molecule has 1 aliphatic heterocycles. The summed E-state index contributed by atoms with van der Waals surface area (Å²) in [6.07, 6.45) is 3.25. The summed E-state index contributed by atoms with van der Waals surface area (Å²) in [5.41, 5.74) is -0.538. The molecule has 150 valence electrons. The van der Waals surface area contributed by atoms with Gasteiger partial charge in [-0.3, -0.25) is 19.3 Å². The summed E-state index contributed by atoms with van der Waals surface area (Å²) in [7, 11) is 0. The van der Waals surface area contributed by atoms with Gasteiger partial charge in [0, 0.05) is 0 Å². The number of amides is 4. The minimum Gasteiger partial charge on any atom is -0.454 e. The summed E-state index contributed by atoms with van der Waals surface area (Å²) < 4.78 is 4.91. The van der Waals surface area contributed by atoms with Crippen LogP contribution in [0.3, 0.4) is 0 Å². The van der Waals surface area contributed by atoms with E-state index in [1.807, 2.05) is 6.92 Å². The lowest BCUT2D eigenvalue weighted by atomic mass is 9.73. The first-order valence-electron chi connectivity index (χ1n) is 9.17. The van der Waals surface area contributed by atoms with Crippen LogP contribution in [0.4, 0.5) is 10.5 Å². The molecule has 1 aromatic carbocycles. The van der Waals surface area contributed by atoms with E-state index in [9.17, 15) is 19.2 Å². The summed E-state index contributed by atoms with van der Waals surface area (Å²) in [4.78, 5) is 49.9. The van der Waals surface area contributed by atoms with Gasteiger partial charge >= 0.3 is 12.0 Å². The zero-order chi connectivity index (χ0) is 20.3. The molecule has 0 radical (unpaired) electrons. The Bertz CT molecular complexity index is 815. The van der Waals surface area contributed by atoms with Gasteiger partial charge in [0.15, 0.2) is 6.61 Å². The van der Waals surface area contributed by atoms with Gasteiger partial charge in [-0.2, -0.15) is 0 Å². The average molecular weight is 408 g/mol. The van der Waals surface area contributed by atoms with E-state index in [0.29, 0.717) is 17.1 Å². The number of carbonyl (C=O) groups excluding carboxylic acids is 4. The number of rotatable bonds is 5. The number of nitrogens with zero attached hydrogens (tertiary/aromatic N) is 1. The van der Waals surface area contributed by atoms with Crippen molar-refractivity contribution in [3.05, 3.63) is 29.3 Å². The molecular weight excluding hydrogens is 386 g/mol. The molecule has 1 spiro atoms. The summed E-state index contributed by atoms with van der Waals surface area (Å²) in [6, 6.07) is 6.04. The molecule has 1 saturated carbocycles. The maximum atomic E-state index is 12.8. The lowest BCUT2D eigenvalue weighted by Gasteiger charge is -2.36. The van der Waals surface area contributed by atoms with E-state index in [2.05, 4.69) is 10.6 Å². The molecule has 0 bridgehead atoms. The Kier molecular flexibility index (Phi) is 5.88. The number of para-hydroxylation sites is 1. The van der Waals surface area contributed by atoms with Gasteiger partial charge in [0.1, 0.15) is 12.1 Å². The van der Waals surface area contributed by atoms with Crippen molar-refractivity contribution in [2.45, 2.75) is 38.1 Å². The number of ether oxygens (including phenoxy) is 1. The molecule has 1 aromatic rings. The number of anilines is 1. The van der Waals surface area contributed by atoms with E-state index in [4.69, 9.17) is 16.3 Å². The van der Waals surface area contributed by atoms with Crippen LogP contribution in [0.2, 0.25) is 5.02 Å². The van der Waals surface area contributed by atoms with E-state index in [0.717, 1.165) is 24.2 Å². The second kappa shape index (κ2) is 8.18. The predicted molar refractivity (Wildman–Crippen MR) is 102 cm³/mol. The van der Waals surface area contributed by atoms with Crippen LogP contribution in [0.1, 0.15) is 32.6 Å². The monoisotopic (exact) mass is 407 g/mol. The number of carbonyl (C=O) groups is 4. The summed E-state index contributed by atoms with van der Waals surface area (Å²) in [6.45, 7) is 0.853. The third-order valence-corrected chi connectivity index (χ3v) is 5.63. The quantitative estimate of drug-likeness (QED) is 0.575. The number of hydrogen-bond donors (Lipinski definition) is 2. The normalized spacial score (nSPS) is 24.2. The molecular formula is C19H22ClN3O5. The molecule has 1 saturated heterocycles. The van der Waals surface area contributed by atoms with Crippen LogP contribution in [0.25, 0.3) is 0 Å². The van der Waals surface area contributed by atoms with Crippen molar-refractivity contribution in [3.8, 4) is 0 Å². The smallest absolute Gasteiger partial charge is 0.326 e. The minimum absolute atomic E-state index is 0.000110. The van der Waals surface area contributed by atoms with Crippen LogP contribution >= 0.6 is 11.6 Å². The minimum atomic E-state index is -0.933. The molecule has 2 aliphatic rings. The van der Waals surface area contributed by atoms with Crippen LogP contribution in [0.5, 0.6) is 0 Å². The largest absolute Gasteiger partial charge is 0.454 e. The first-order valence-corrected chi connectivity index (χ1v) is 9.55. The Morgan fingerprint density at radius 3 is 2.79 bits per heavy atom. The van der Waals surface area contributed by atoms with E-state index in [-0.39, 0.29) is 5.92 Å². The van der Waals surface area contributed by atoms with Gasteiger partial charge in [-0.05, 0) is 30.9 Å². The number of urea groups is 1. The second-order valence-corrected chi connectivity index (χ2v) is 7.54. The topological polar surface area (TPSA) is 105 Å². The molecule has 0 unspecified atom stereocenters. The van der Waals surface area contributed by atoms with E-state index in [1.54, 1.807) is 24.3 Å². The molecule has 1 heterocycles. The van der Waals surface area contributed by atoms with Crippen LogP contribution < -0.4 is 10.6 Å². The van der Waals surface area contributed by atoms with Gasteiger partial charge in [0.25, 0.3) is 11.8 Å². The standard InChI is InChI=1S/C19H22ClN3O5/c1-12-6-4-5-9-19(12)17(26)23(18(27)22-19)10-16(25)28-11-15(24)21-14-8-3-2-7-13(14)20/h2-3,7-8,12H,4-6,9-11H2,1H3,(H,21,24)(H,22,27)/t12-,19+/m1/s1. The highest BCUT2D eigenvalue weighted by Gasteiger charge is 2.55. The Labute approximate surface area is 167 Å². The van der Waals surface area contributed by atoms with Crippen LogP contribution in [0, 0.1) is 5.92 Å². The van der Waals surface area contributed by atoms with Gasteiger partial charge in [0.2, 0.25) is 0 Å². The van der Waals surface area contributed by atoms with Crippen LogP contribution in [-0.4, -0.2) is 47.4 Å². The van der Waals surface area contributed by atoms with Crippen LogP contribution in [-0.2, 0) is 19.1 Å². The number of halogens is 1. The number of esters is 1. The van der Waals surface area contributed by atoms with Crippen LogP contribution in [0.15, 0.2) is 24.3 Å². The van der Waals surface area contributed by atoms with Crippen molar-refractivity contribution in [3.63, 3.8) is 0 Å². The van der Waals surface area contributed by atoms with Crippen molar-refractivity contribution in [1.29, 1.82) is 0 Å². The Hall–Kier alpha value is -2.61. The molecule has 3 rings (SSSR count). The van der Waals surface area contributed by atoms with E-state index >= 15 is 0 Å². The van der Waals surface area contributed by atoms with Crippen molar-refractivity contribution >= 4 is 41.1 Å². The second-order valence-electron chi connectivity index (χ2n) is 7.13. The summed E-state index contributed by atoms with van der Waals surface area (Å²) >= 11 is 5.95. The molecule has 1 aliphatic carbocycles. The zero-order valence-corrected chi connectivity index (χ0v) is 16.3. The Morgan fingerprint density at radius 2 is 2.07 bits per heavy atom.